The Kier molecular flexibility index (Phi) is 9.71. The van der Waals surface area contributed by atoms with Gasteiger partial charge in [-0.15, -0.1) is 0 Å². The van der Waals surface area contributed by atoms with Crippen LogP contribution in [0.25, 0.3) is 0 Å². The van der Waals surface area contributed by atoms with Gasteiger partial charge in [0.1, 0.15) is 23.7 Å². The first-order valence-electron chi connectivity index (χ1n) is 13.6. The fraction of sp³-hybridized carbons (Fsp3) is 0.593. The van der Waals surface area contributed by atoms with Gasteiger partial charge in [-0.05, 0) is 76.0 Å². The molecule has 1 saturated carbocycles. The largest absolute Gasteiger partial charge is 0.394 e. The van der Waals surface area contributed by atoms with Crippen molar-refractivity contribution in [3.8, 4) is 0 Å². The van der Waals surface area contributed by atoms with Crippen LogP contribution in [0.5, 0.6) is 0 Å². The van der Waals surface area contributed by atoms with Crippen LogP contribution in [0.1, 0.15) is 61.5 Å². The summed E-state index contributed by atoms with van der Waals surface area (Å²) in [6.07, 6.45) is 5.64. The maximum Gasteiger partial charge on any atom is 0.258 e. The Labute approximate surface area is 246 Å². The lowest BCUT2D eigenvalue weighted by molar-refractivity contribution is 0.102. The number of anilines is 4. The van der Waals surface area contributed by atoms with E-state index in [2.05, 4.69) is 20.2 Å². The SMILES string of the molecule is Cc1cc(NC(=O)c2ccc(N(N)SOCCO)cc2N2CCC3(CC2)CC3)nc(N2CCC(C)(F)CC2)n1.S. The molecule has 0 radical (unpaired) electrons. The summed E-state index contributed by atoms with van der Waals surface area (Å²) < 4.78 is 21.0. The van der Waals surface area contributed by atoms with Crippen LogP contribution >= 0.6 is 25.7 Å². The summed E-state index contributed by atoms with van der Waals surface area (Å²) in [6, 6.07) is 7.20. The average Bonchev–Trinajstić information content (AvgIpc) is 3.67. The maximum absolute atomic E-state index is 14.3. The molecule has 0 bridgehead atoms. The molecular formula is C27H40FN7O3S2. The normalized spacial score (nSPS) is 19.2. The first-order valence-corrected chi connectivity index (χ1v) is 14.3. The fourth-order valence-electron chi connectivity index (χ4n) is 5.30. The number of nitrogens with two attached hydrogens (primary N) is 1. The van der Waals surface area contributed by atoms with E-state index in [4.69, 9.17) is 15.1 Å². The van der Waals surface area contributed by atoms with Crippen molar-refractivity contribution in [2.45, 2.75) is 58.0 Å². The Hall–Kier alpha value is -2.32. The molecule has 0 unspecified atom stereocenters. The van der Waals surface area contributed by atoms with Gasteiger partial charge < -0.3 is 20.2 Å². The third kappa shape index (κ3) is 7.30. The van der Waals surface area contributed by atoms with E-state index in [1.807, 2.05) is 17.9 Å². The second-order valence-corrected chi connectivity index (χ2v) is 12.0. The van der Waals surface area contributed by atoms with Crippen molar-refractivity contribution in [2.75, 3.05) is 58.9 Å². The Morgan fingerprint density at radius 1 is 1.12 bits per heavy atom. The molecule has 2 aromatic rings. The van der Waals surface area contributed by atoms with Crippen LogP contribution in [-0.2, 0) is 4.18 Å². The van der Waals surface area contributed by atoms with Crippen LogP contribution in [0.3, 0.4) is 0 Å². The van der Waals surface area contributed by atoms with Gasteiger partial charge in [0.05, 0.1) is 30.2 Å². The Morgan fingerprint density at radius 2 is 1.80 bits per heavy atom. The Morgan fingerprint density at radius 3 is 2.45 bits per heavy atom. The van der Waals surface area contributed by atoms with Crippen molar-refractivity contribution in [3.63, 3.8) is 0 Å². The molecule has 3 fully saturated rings. The molecule has 5 rings (SSSR count). The number of hydrazine groups is 1. The van der Waals surface area contributed by atoms with E-state index < -0.39 is 5.67 Å². The molecule has 10 nitrogen and oxygen atoms in total. The topological polar surface area (TPSA) is 120 Å². The molecule has 220 valence electrons. The number of nitrogens with zero attached hydrogens (tertiary/aromatic N) is 5. The molecule has 1 amide bonds. The van der Waals surface area contributed by atoms with Gasteiger partial charge in [-0.25, -0.2) is 19.6 Å². The van der Waals surface area contributed by atoms with Gasteiger partial charge in [0, 0.05) is 37.9 Å². The minimum Gasteiger partial charge on any atom is -0.394 e. The molecule has 4 N–H and O–H groups in total. The molecule has 3 heterocycles. The molecule has 2 saturated heterocycles. The van der Waals surface area contributed by atoms with E-state index in [1.54, 1.807) is 25.1 Å². The van der Waals surface area contributed by atoms with Crippen molar-refractivity contribution < 1.29 is 18.5 Å². The van der Waals surface area contributed by atoms with Crippen LogP contribution in [0.2, 0.25) is 0 Å². The van der Waals surface area contributed by atoms with Crippen molar-refractivity contribution in [1.29, 1.82) is 0 Å². The van der Waals surface area contributed by atoms with Gasteiger partial charge in [0.25, 0.3) is 5.91 Å². The lowest BCUT2D eigenvalue weighted by Gasteiger charge is -2.35. The zero-order chi connectivity index (χ0) is 27.6. The lowest BCUT2D eigenvalue weighted by atomic mass is 9.93. The lowest BCUT2D eigenvalue weighted by Crippen LogP contribution is -2.41. The van der Waals surface area contributed by atoms with Crippen molar-refractivity contribution in [3.05, 3.63) is 35.5 Å². The summed E-state index contributed by atoms with van der Waals surface area (Å²) in [7, 11) is 0. The summed E-state index contributed by atoms with van der Waals surface area (Å²) in [5.41, 5.74) is 2.07. The molecule has 2 aliphatic heterocycles. The highest BCUT2D eigenvalue weighted by molar-refractivity contribution is 7.96. The van der Waals surface area contributed by atoms with Gasteiger partial charge in [-0.1, -0.05) is 0 Å². The number of carbonyl (C=O) groups excluding carboxylic acids is 1. The Bertz CT molecular complexity index is 1180. The number of alkyl halides is 1. The Balaban J connectivity index is 0.00000370. The molecule has 1 aliphatic carbocycles. The molecule has 40 heavy (non-hydrogen) atoms. The maximum atomic E-state index is 14.3. The van der Waals surface area contributed by atoms with Crippen LogP contribution < -0.4 is 25.4 Å². The first kappa shape index (κ1) is 30.6. The minimum absolute atomic E-state index is 0. The summed E-state index contributed by atoms with van der Waals surface area (Å²) >= 11 is 0.940. The van der Waals surface area contributed by atoms with Gasteiger partial charge >= 0.3 is 0 Å². The van der Waals surface area contributed by atoms with E-state index in [9.17, 15) is 9.18 Å². The smallest absolute Gasteiger partial charge is 0.258 e. The van der Waals surface area contributed by atoms with E-state index in [-0.39, 0.29) is 32.6 Å². The number of nitrogens with one attached hydrogen (secondary N) is 1. The van der Waals surface area contributed by atoms with Crippen LogP contribution in [0, 0.1) is 12.3 Å². The van der Waals surface area contributed by atoms with Crippen molar-refractivity contribution in [1.82, 2.24) is 9.97 Å². The number of aliphatic hydroxyl groups is 1. The first-order chi connectivity index (χ1) is 18.7. The van der Waals surface area contributed by atoms with E-state index in [0.29, 0.717) is 54.4 Å². The summed E-state index contributed by atoms with van der Waals surface area (Å²) in [6.45, 7) is 6.36. The summed E-state index contributed by atoms with van der Waals surface area (Å²) in [5, 5.41) is 12.0. The zero-order valence-electron chi connectivity index (χ0n) is 23.2. The molecule has 1 aromatic carbocycles. The highest BCUT2D eigenvalue weighted by Crippen LogP contribution is 2.54. The van der Waals surface area contributed by atoms with Gasteiger partial charge in [-0.2, -0.15) is 18.5 Å². The average molecular weight is 594 g/mol. The number of aromatic nitrogens is 2. The zero-order valence-corrected chi connectivity index (χ0v) is 25.0. The van der Waals surface area contributed by atoms with Gasteiger partial charge in [-0.3, -0.25) is 8.98 Å². The van der Waals surface area contributed by atoms with Crippen molar-refractivity contribution in [2.24, 2.45) is 11.3 Å². The number of carbonyl (C=O) groups is 1. The van der Waals surface area contributed by atoms with Crippen LogP contribution in [0.4, 0.5) is 27.5 Å². The number of hydrogen-bond donors (Lipinski definition) is 3. The van der Waals surface area contributed by atoms with E-state index >= 15 is 0 Å². The van der Waals surface area contributed by atoms with E-state index in [1.165, 1.54) is 17.3 Å². The second-order valence-electron chi connectivity index (χ2n) is 11.2. The standard InChI is InChI=1S/C27H38FN7O3S.H2S/c1-19-17-23(32-25(30-19)34-11-7-26(2,28)8-12-34)31-24(37)21-4-3-20(35(29)39-38-16-15-36)18-22(21)33-13-9-27(5-6-27)10-14-33;/h3-4,17-18,36H,5-16,29H2,1-2H3,(H,30,31,32,37);1H2. The number of amides is 1. The third-order valence-electron chi connectivity index (χ3n) is 8.08. The predicted octanol–water partition coefficient (Wildman–Crippen LogP) is 4.11. The highest BCUT2D eigenvalue weighted by Gasteiger charge is 2.44. The quantitative estimate of drug-likeness (QED) is 0.129. The summed E-state index contributed by atoms with van der Waals surface area (Å²) in [5.74, 6) is 6.83. The predicted molar refractivity (Wildman–Crippen MR) is 163 cm³/mol. The van der Waals surface area contributed by atoms with E-state index in [0.717, 1.165) is 49.5 Å². The monoisotopic (exact) mass is 593 g/mol. The number of aryl methyl sites for hydroxylation is 1. The number of benzene rings is 1. The number of aliphatic hydroxyl groups excluding tert-OH is 1. The number of hydrogen-bond acceptors (Lipinski definition) is 10. The van der Waals surface area contributed by atoms with Gasteiger partial charge in [0.15, 0.2) is 0 Å². The fourth-order valence-corrected chi connectivity index (χ4v) is 5.76. The molecule has 13 heteroatoms. The van der Waals surface area contributed by atoms with Crippen LogP contribution in [0.15, 0.2) is 24.3 Å². The van der Waals surface area contributed by atoms with Gasteiger partial charge in [0.2, 0.25) is 5.95 Å². The third-order valence-corrected chi connectivity index (χ3v) is 8.73. The molecule has 3 aliphatic rings. The second kappa shape index (κ2) is 12.7. The van der Waals surface area contributed by atoms with Crippen LogP contribution in [-0.4, -0.2) is 66.0 Å². The number of halogens is 1. The highest BCUT2D eigenvalue weighted by atomic mass is 32.2. The summed E-state index contributed by atoms with van der Waals surface area (Å²) in [4.78, 5) is 27.0. The van der Waals surface area contributed by atoms with Crippen molar-refractivity contribution >= 4 is 54.8 Å². The number of rotatable bonds is 9. The molecular weight excluding hydrogens is 553 g/mol. The molecule has 0 atom stereocenters. The minimum atomic E-state index is -1.17. The number of piperidine rings is 2. The molecule has 1 aromatic heterocycles. The molecule has 1 spiro atoms.